The number of aromatic nitrogens is 2. The summed E-state index contributed by atoms with van der Waals surface area (Å²) in [6.45, 7) is 8.39. The topological polar surface area (TPSA) is 91.8 Å². The summed E-state index contributed by atoms with van der Waals surface area (Å²) in [6, 6.07) is 125. The molecule has 500 valence electrons. The van der Waals surface area contributed by atoms with Crippen molar-refractivity contribution in [3.63, 3.8) is 0 Å². The second kappa shape index (κ2) is 27.6. The van der Waals surface area contributed by atoms with Gasteiger partial charge >= 0.3 is 7.12 Å². The van der Waals surface area contributed by atoms with Crippen molar-refractivity contribution in [1.29, 1.82) is 10.5 Å². The van der Waals surface area contributed by atoms with E-state index >= 15 is 0 Å². The predicted molar refractivity (Wildman–Crippen MR) is 429 cm³/mol. The molecular weight excluding hydrogens is 1520 g/mol. The molecule has 0 amide bonds. The van der Waals surface area contributed by atoms with Crippen LogP contribution in [0.25, 0.3) is 99.2 Å². The van der Waals surface area contributed by atoms with E-state index < -0.39 is 29.2 Å². The van der Waals surface area contributed by atoms with Gasteiger partial charge in [-0.3, -0.25) is 0 Å². The van der Waals surface area contributed by atoms with Crippen LogP contribution in [0.5, 0.6) is 0 Å². The Balaban J connectivity index is 0.000000143. The van der Waals surface area contributed by atoms with E-state index in [1.165, 1.54) is 77.5 Å². The van der Waals surface area contributed by atoms with Crippen molar-refractivity contribution in [3.05, 3.63) is 400 Å². The standard InChI is InChI=1S/C45H28N2.C44H36BNO2.C7H4BrN.W/c46-29-30-22-24-31(25-23-30)32-12-11-13-33(26-32)44-40-28-42-39(27-38(40)37-19-8-10-21-43(37)47-44)36-18-7-9-20-41(36)45(42,34-14-3-1-4-15-34)35-16-5-2-6-17-35;1-42(2)43(3,4)48-45(47-42)32-21-15-16-29(26-32)41-37-28-39-36(27-35(37)34-23-12-14-25-40(34)46-41)33-22-11-13-24-38(33)44(39,30-17-7-5-8-18-30)31-19-9-6-10-20-31;8-7-3-1-6(5-9)2-4-7;/h1-28H;5-28H,1-4H3;1-4H;. The summed E-state index contributed by atoms with van der Waals surface area (Å²) in [5, 5.41) is 24.6. The fraction of sp³-hybridized carbons (Fsp3) is 0.0833. The Morgan fingerprint density at radius 2 is 0.686 bits per heavy atom. The van der Waals surface area contributed by atoms with Gasteiger partial charge in [-0.25, -0.2) is 9.97 Å². The maximum absolute atomic E-state index is 9.33. The molecule has 1 aliphatic heterocycles. The molecule has 105 heavy (non-hydrogen) atoms. The van der Waals surface area contributed by atoms with Crippen molar-refractivity contribution in [1.82, 2.24) is 9.97 Å². The number of pyridine rings is 2. The average molecular weight is 1580 g/mol. The van der Waals surface area contributed by atoms with Gasteiger partial charge < -0.3 is 9.31 Å². The number of halogens is 1. The van der Waals surface area contributed by atoms with Gasteiger partial charge in [0.25, 0.3) is 0 Å². The number of para-hydroxylation sites is 2. The number of hydrogen-bond donors (Lipinski definition) is 0. The van der Waals surface area contributed by atoms with Crippen LogP contribution in [0.3, 0.4) is 0 Å². The Morgan fingerprint density at radius 3 is 1.12 bits per heavy atom. The summed E-state index contributed by atoms with van der Waals surface area (Å²) in [6.07, 6.45) is 0. The van der Waals surface area contributed by atoms with E-state index in [9.17, 15) is 5.26 Å². The normalized spacial score (nSPS) is 14.3. The molecule has 3 heterocycles. The minimum absolute atomic E-state index is 0. The summed E-state index contributed by atoms with van der Waals surface area (Å²) >= 11 is 3.27. The van der Waals surface area contributed by atoms with Crippen molar-refractivity contribution in [2.75, 3.05) is 0 Å². The Morgan fingerprint density at radius 1 is 0.314 bits per heavy atom. The largest absolute Gasteiger partial charge is 0.494 e. The van der Waals surface area contributed by atoms with Crippen molar-refractivity contribution in [2.24, 2.45) is 0 Å². The molecule has 0 unspecified atom stereocenters. The molecular formula is C96H68BBrN4O2W. The van der Waals surface area contributed by atoms with E-state index in [-0.39, 0.29) is 21.1 Å². The zero-order valence-electron chi connectivity index (χ0n) is 58.3. The zero-order valence-corrected chi connectivity index (χ0v) is 62.8. The number of nitriles is 2. The summed E-state index contributed by atoms with van der Waals surface area (Å²) in [5.41, 5.74) is 23.8. The average Bonchev–Trinajstić information content (AvgIpc) is 1.55. The quantitative estimate of drug-likeness (QED) is 0.111. The first-order valence-electron chi connectivity index (χ1n) is 35.2. The molecule has 9 heteroatoms. The van der Waals surface area contributed by atoms with Crippen LogP contribution in [-0.4, -0.2) is 28.3 Å². The van der Waals surface area contributed by atoms with Crippen LogP contribution in [0, 0.1) is 22.7 Å². The van der Waals surface area contributed by atoms with E-state index in [4.69, 9.17) is 24.5 Å². The molecule has 0 radical (unpaired) electrons. The predicted octanol–water partition coefficient (Wildman–Crippen LogP) is 23.0. The molecule has 0 spiro atoms. The van der Waals surface area contributed by atoms with Gasteiger partial charge in [-0.05, 0) is 201 Å². The molecule has 14 aromatic carbocycles. The second-order valence-electron chi connectivity index (χ2n) is 28.0. The number of fused-ring (bicyclic) bond motifs is 12. The molecule has 1 saturated heterocycles. The molecule has 3 aliphatic rings. The molecule has 0 saturated carbocycles. The summed E-state index contributed by atoms with van der Waals surface area (Å²) in [4.78, 5) is 10.7. The van der Waals surface area contributed by atoms with Crippen LogP contribution < -0.4 is 5.46 Å². The minimum atomic E-state index is -0.490. The van der Waals surface area contributed by atoms with Crippen LogP contribution in [0.1, 0.15) is 83.3 Å². The van der Waals surface area contributed by atoms with E-state index in [1.54, 1.807) is 12.1 Å². The van der Waals surface area contributed by atoms with E-state index in [1.807, 2.05) is 42.5 Å². The number of nitrogens with zero attached hydrogens (tertiary/aromatic N) is 4. The smallest absolute Gasteiger partial charge is 0.399 e. The van der Waals surface area contributed by atoms with Gasteiger partial charge in [-0.15, -0.1) is 0 Å². The van der Waals surface area contributed by atoms with Crippen molar-refractivity contribution >= 4 is 71.9 Å². The Bertz CT molecular complexity index is 6000. The van der Waals surface area contributed by atoms with Crippen molar-refractivity contribution in [2.45, 2.75) is 49.7 Å². The first kappa shape index (κ1) is 68.0. The Hall–Kier alpha value is -11.4. The fourth-order valence-corrected chi connectivity index (χ4v) is 16.4. The van der Waals surface area contributed by atoms with Gasteiger partial charge in [0, 0.05) is 58.2 Å². The van der Waals surface area contributed by atoms with Gasteiger partial charge in [0.05, 0.1) is 67.7 Å². The molecule has 0 atom stereocenters. The van der Waals surface area contributed by atoms with E-state index in [0.29, 0.717) is 11.1 Å². The Kier molecular flexibility index (Phi) is 17.9. The second-order valence-corrected chi connectivity index (χ2v) is 28.9. The van der Waals surface area contributed by atoms with Crippen molar-refractivity contribution in [3.8, 4) is 68.0 Å². The summed E-state index contributed by atoms with van der Waals surface area (Å²) in [7, 11) is -0.454. The van der Waals surface area contributed by atoms with Gasteiger partial charge in [0.2, 0.25) is 0 Å². The minimum Gasteiger partial charge on any atom is -0.399 e. The van der Waals surface area contributed by atoms with Crippen LogP contribution in [0.2, 0.25) is 0 Å². The molecule has 1 fully saturated rings. The maximum atomic E-state index is 9.33. The number of hydrogen-bond acceptors (Lipinski definition) is 6. The summed E-state index contributed by atoms with van der Waals surface area (Å²) < 4.78 is 14.0. The molecule has 16 aromatic rings. The molecule has 19 rings (SSSR count). The van der Waals surface area contributed by atoms with Gasteiger partial charge in [-0.2, -0.15) is 10.5 Å². The van der Waals surface area contributed by atoms with E-state index in [2.05, 4.69) is 341 Å². The first-order chi connectivity index (χ1) is 50.9. The van der Waals surface area contributed by atoms with E-state index in [0.717, 1.165) is 76.2 Å². The molecule has 0 bridgehead atoms. The van der Waals surface area contributed by atoms with Crippen LogP contribution in [-0.2, 0) is 41.2 Å². The van der Waals surface area contributed by atoms with Crippen molar-refractivity contribution < 1.29 is 30.4 Å². The molecule has 6 nitrogen and oxygen atoms in total. The molecule has 2 aromatic heterocycles. The van der Waals surface area contributed by atoms with Crippen LogP contribution >= 0.6 is 15.9 Å². The Labute approximate surface area is 635 Å². The molecule has 0 N–H and O–H groups in total. The van der Waals surface area contributed by atoms with Gasteiger partial charge in [-0.1, -0.05) is 277 Å². The maximum Gasteiger partial charge on any atom is 0.494 e. The number of rotatable bonds is 8. The van der Waals surface area contributed by atoms with Crippen LogP contribution in [0.15, 0.2) is 344 Å². The molecule has 2 aliphatic carbocycles. The monoisotopic (exact) mass is 1580 g/mol. The number of benzene rings is 14. The SMILES string of the molecule is CC1(C)OB(c2cccc(-c3nc4ccccc4c4cc5c(cc34)C(c3ccccc3)(c3ccccc3)c3ccccc3-5)c2)OC1(C)C.N#Cc1ccc(-c2cccc(-c3nc4ccccc4c4cc5c(cc34)C(c3ccccc3)(c3ccccc3)c3ccccc3-5)c2)cc1.N#Cc1ccc(Br)cc1.[W]. The van der Waals surface area contributed by atoms with Gasteiger partial charge in [0.1, 0.15) is 0 Å². The fourth-order valence-electron chi connectivity index (χ4n) is 16.1. The zero-order chi connectivity index (χ0) is 70.7. The third-order valence-corrected chi connectivity index (χ3v) is 22.2. The first-order valence-corrected chi connectivity index (χ1v) is 36.0. The third-order valence-electron chi connectivity index (χ3n) is 21.7. The van der Waals surface area contributed by atoms with Crippen LogP contribution in [0.4, 0.5) is 0 Å². The third kappa shape index (κ3) is 11.6. The van der Waals surface area contributed by atoms with Gasteiger partial charge in [0.15, 0.2) is 0 Å². The summed E-state index contributed by atoms with van der Waals surface area (Å²) in [5.74, 6) is 0.